The fraction of sp³-hybridized carbons (Fsp3) is 0. The molecular weight excluding hydrogens is 268 g/mol. The van der Waals surface area contributed by atoms with E-state index < -0.39 is 11.6 Å². The number of hydrogen-bond donors (Lipinski definition) is 2. The molecule has 0 unspecified atom stereocenters. The lowest BCUT2D eigenvalue weighted by Crippen LogP contribution is -1.89. The van der Waals surface area contributed by atoms with Crippen molar-refractivity contribution in [2.45, 2.75) is 0 Å². The Labute approximate surface area is 92.4 Å². The Bertz CT molecular complexity index is 510. The first-order chi connectivity index (χ1) is 7.09. The lowest BCUT2D eigenvalue weighted by Gasteiger charge is -2.02. The third-order valence-corrected chi connectivity index (χ3v) is 2.65. The van der Waals surface area contributed by atoms with E-state index in [4.69, 9.17) is 5.73 Å². The highest BCUT2D eigenvalue weighted by atomic mass is 79.9. The minimum absolute atomic E-state index is 0.201. The first-order valence-corrected chi connectivity index (χ1v) is 4.83. The molecule has 0 aliphatic carbocycles. The van der Waals surface area contributed by atoms with E-state index in [1.165, 1.54) is 18.2 Å². The monoisotopic (exact) mass is 273 g/mol. The maximum atomic E-state index is 13.6. The van der Waals surface area contributed by atoms with Gasteiger partial charge in [0.2, 0.25) is 0 Å². The highest BCUT2D eigenvalue weighted by Crippen LogP contribution is 2.29. The second kappa shape index (κ2) is 3.62. The van der Waals surface area contributed by atoms with Gasteiger partial charge in [0.1, 0.15) is 17.5 Å². The Balaban J connectivity index is 2.59. The molecule has 0 spiro atoms. The molecule has 1 aromatic heterocycles. The van der Waals surface area contributed by atoms with Gasteiger partial charge in [-0.1, -0.05) is 0 Å². The number of benzene rings is 1. The predicted molar refractivity (Wildman–Crippen MR) is 56.1 cm³/mol. The maximum Gasteiger partial charge on any atom is 0.149 e. The SMILES string of the molecule is Nc1cc(-c2ccc(F)c(Br)c2F)[nH]n1. The van der Waals surface area contributed by atoms with Crippen LogP contribution >= 0.6 is 15.9 Å². The lowest BCUT2D eigenvalue weighted by molar-refractivity contribution is 0.574. The van der Waals surface area contributed by atoms with Crippen LogP contribution in [0.3, 0.4) is 0 Å². The van der Waals surface area contributed by atoms with Crippen LogP contribution in [-0.4, -0.2) is 10.2 Å². The Kier molecular flexibility index (Phi) is 2.44. The van der Waals surface area contributed by atoms with Crippen molar-refractivity contribution in [3.63, 3.8) is 0 Å². The fourth-order valence-corrected chi connectivity index (χ4v) is 1.55. The smallest absolute Gasteiger partial charge is 0.149 e. The highest BCUT2D eigenvalue weighted by molar-refractivity contribution is 9.10. The molecule has 0 radical (unpaired) electrons. The van der Waals surface area contributed by atoms with Crippen LogP contribution in [0.5, 0.6) is 0 Å². The minimum atomic E-state index is -0.682. The zero-order chi connectivity index (χ0) is 11.0. The van der Waals surface area contributed by atoms with E-state index >= 15 is 0 Å². The van der Waals surface area contributed by atoms with Gasteiger partial charge in [-0.2, -0.15) is 5.10 Å². The van der Waals surface area contributed by atoms with E-state index in [2.05, 4.69) is 26.1 Å². The summed E-state index contributed by atoms with van der Waals surface area (Å²) in [5.74, 6) is -1.08. The number of nitrogen functional groups attached to an aromatic ring is 1. The minimum Gasteiger partial charge on any atom is -0.382 e. The van der Waals surface area contributed by atoms with Crippen LogP contribution < -0.4 is 5.73 Å². The number of aromatic amines is 1. The van der Waals surface area contributed by atoms with Gasteiger partial charge in [0, 0.05) is 11.6 Å². The van der Waals surface area contributed by atoms with Gasteiger partial charge in [-0.3, -0.25) is 5.10 Å². The molecule has 3 N–H and O–H groups in total. The summed E-state index contributed by atoms with van der Waals surface area (Å²) in [4.78, 5) is 0. The van der Waals surface area contributed by atoms with Crippen molar-refractivity contribution in [1.29, 1.82) is 0 Å². The second-order valence-electron chi connectivity index (χ2n) is 2.93. The summed E-state index contributed by atoms with van der Waals surface area (Å²) in [6, 6.07) is 3.96. The molecule has 0 saturated heterocycles. The van der Waals surface area contributed by atoms with E-state index in [9.17, 15) is 8.78 Å². The van der Waals surface area contributed by atoms with E-state index in [1.54, 1.807) is 0 Å². The first kappa shape index (κ1) is 10.1. The zero-order valence-electron chi connectivity index (χ0n) is 7.39. The van der Waals surface area contributed by atoms with Gasteiger partial charge in [-0.15, -0.1) is 0 Å². The van der Waals surface area contributed by atoms with E-state index in [0.29, 0.717) is 5.69 Å². The molecule has 0 amide bonds. The van der Waals surface area contributed by atoms with Gasteiger partial charge in [-0.05, 0) is 28.1 Å². The summed E-state index contributed by atoms with van der Waals surface area (Å²) in [5, 5.41) is 6.21. The standard InChI is InChI=1S/C9H6BrF2N3/c10-8-5(11)2-1-4(9(8)12)6-3-7(13)15-14-6/h1-3H,(H3,13,14,15). The average molecular weight is 274 g/mol. The van der Waals surface area contributed by atoms with Crippen molar-refractivity contribution in [3.05, 3.63) is 34.3 Å². The molecule has 2 rings (SSSR count). The topological polar surface area (TPSA) is 54.7 Å². The van der Waals surface area contributed by atoms with Gasteiger partial charge >= 0.3 is 0 Å². The van der Waals surface area contributed by atoms with Crippen molar-refractivity contribution < 1.29 is 8.78 Å². The van der Waals surface area contributed by atoms with Crippen LogP contribution in [0.1, 0.15) is 0 Å². The van der Waals surface area contributed by atoms with Crippen molar-refractivity contribution in [3.8, 4) is 11.3 Å². The largest absolute Gasteiger partial charge is 0.382 e. The van der Waals surface area contributed by atoms with Crippen molar-refractivity contribution in [2.24, 2.45) is 0 Å². The maximum absolute atomic E-state index is 13.6. The van der Waals surface area contributed by atoms with E-state index in [-0.39, 0.29) is 15.9 Å². The van der Waals surface area contributed by atoms with Crippen LogP contribution in [0.4, 0.5) is 14.6 Å². The molecule has 0 saturated carbocycles. The number of hydrogen-bond acceptors (Lipinski definition) is 2. The van der Waals surface area contributed by atoms with E-state index in [1.807, 2.05) is 0 Å². The molecule has 0 aliphatic rings. The molecule has 0 fully saturated rings. The summed E-state index contributed by atoms with van der Waals surface area (Å²) in [6.45, 7) is 0. The first-order valence-electron chi connectivity index (χ1n) is 4.04. The van der Waals surface area contributed by atoms with Crippen molar-refractivity contribution >= 4 is 21.7 Å². The molecule has 1 aromatic carbocycles. The molecule has 3 nitrogen and oxygen atoms in total. The van der Waals surface area contributed by atoms with Gasteiger partial charge in [0.05, 0.1) is 10.2 Å². The van der Waals surface area contributed by atoms with E-state index in [0.717, 1.165) is 0 Å². The predicted octanol–water partition coefficient (Wildman–Crippen LogP) is 2.70. The van der Waals surface area contributed by atoms with Crippen molar-refractivity contribution in [2.75, 3.05) is 5.73 Å². The number of anilines is 1. The highest BCUT2D eigenvalue weighted by Gasteiger charge is 2.13. The van der Waals surface area contributed by atoms with Crippen molar-refractivity contribution in [1.82, 2.24) is 10.2 Å². The summed E-state index contributed by atoms with van der Waals surface area (Å²) >= 11 is 2.82. The Hall–Kier alpha value is -1.43. The summed E-state index contributed by atoms with van der Waals surface area (Å²) in [7, 11) is 0. The molecule has 1 heterocycles. The average Bonchev–Trinajstić information content (AvgIpc) is 2.61. The van der Waals surface area contributed by atoms with Gasteiger partial charge in [0.15, 0.2) is 0 Å². The fourth-order valence-electron chi connectivity index (χ4n) is 1.21. The molecule has 2 aromatic rings. The third-order valence-electron chi connectivity index (χ3n) is 1.92. The Morgan fingerprint density at radius 1 is 1.33 bits per heavy atom. The molecule has 15 heavy (non-hydrogen) atoms. The third kappa shape index (κ3) is 1.72. The van der Waals surface area contributed by atoms with Crippen LogP contribution in [0.2, 0.25) is 0 Å². The van der Waals surface area contributed by atoms with Gasteiger partial charge < -0.3 is 5.73 Å². The molecule has 6 heteroatoms. The number of rotatable bonds is 1. The summed E-state index contributed by atoms with van der Waals surface area (Å²) in [5.41, 5.74) is 6.01. The molecule has 0 atom stereocenters. The Morgan fingerprint density at radius 3 is 2.67 bits per heavy atom. The number of H-pyrrole nitrogens is 1. The lowest BCUT2D eigenvalue weighted by atomic mass is 10.1. The molecule has 0 bridgehead atoms. The summed E-state index contributed by atoms with van der Waals surface area (Å²) < 4.78 is 26.3. The number of nitrogens with one attached hydrogen (secondary N) is 1. The summed E-state index contributed by atoms with van der Waals surface area (Å²) in [6.07, 6.45) is 0. The molecule has 78 valence electrons. The van der Waals surface area contributed by atoms with Crippen LogP contribution in [0.15, 0.2) is 22.7 Å². The number of halogens is 3. The van der Waals surface area contributed by atoms with Gasteiger partial charge in [0.25, 0.3) is 0 Å². The van der Waals surface area contributed by atoms with Crippen LogP contribution in [0.25, 0.3) is 11.3 Å². The number of nitrogens with zero attached hydrogens (tertiary/aromatic N) is 1. The quantitative estimate of drug-likeness (QED) is 0.785. The zero-order valence-corrected chi connectivity index (χ0v) is 8.98. The normalized spacial score (nSPS) is 10.6. The van der Waals surface area contributed by atoms with Gasteiger partial charge in [-0.25, -0.2) is 8.78 Å². The molecule has 0 aliphatic heterocycles. The Morgan fingerprint density at radius 2 is 2.07 bits per heavy atom. The number of nitrogens with two attached hydrogens (primary N) is 1. The van der Waals surface area contributed by atoms with Crippen LogP contribution in [0, 0.1) is 11.6 Å². The number of aromatic nitrogens is 2. The second-order valence-corrected chi connectivity index (χ2v) is 3.72. The molecular formula is C9H6BrF2N3. The van der Waals surface area contributed by atoms with Crippen LogP contribution in [-0.2, 0) is 0 Å².